The molecule has 0 saturated carbocycles. The number of rotatable bonds is 69. The monoisotopic (exact) mass is 1340 g/mol. The molecule has 0 aliphatic heterocycles. The van der Waals surface area contributed by atoms with Crippen LogP contribution in [-0.2, 0) is 65.4 Å². The van der Waals surface area contributed by atoms with Crippen molar-refractivity contribution in [3.63, 3.8) is 0 Å². The Morgan fingerprint density at radius 2 is 0.527 bits per heavy atom. The number of aliphatic hydroxyl groups is 1. The van der Waals surface area contributed by atoms with Gasteiger partial charge in [-0.25, -0.2) is 9.13 Å². The second kappa shape index (κ2) is 61.6. The summed E-state index contributed by atoms with van der Waals surface area (Å²) >= 11 is 0. The lowest BCUT2D eigenvalue weighted by atomic mass is 9.99. The maximum atomic E-state index is 13.0. The zero-order valence-corrected chi connectivity index (χ0v) is 61.3. The van der Waals surface area contributed by atoms with Crippen LogP contribution in [0.5, 0.6) is 0 Å². The number of aliphatic hydroxyl groups excluding tert-OH is 1. The highest BCUT2D eigenvalue weighted by atomic mass is 31.2. The molecule has 0 aromatic heterocycles. The van der Waals surface area contributed by atoms with Crippen LogP contribution in [0.1, 0.15) is 357 Å². The second-order valence-electron chi connectivity index (χ2n) is 27.6. The van der Waals surface area contributed by atoms with Gasteiger partial charge >= 0.3 is 39.5 Å². The van der Waals surface area contributed by atoms with E-state index in [-0.39, 0.29) is 25.7 Å². The highest BCUT2D eigenvalue weighted by molar-refractivity contribution is 7.47. The molecule has 91 heavy (non-hydrogen) atoms. The van der Waals surface area contributed by atoms with E-state index >= 15 is 0 Å². The van der Waals surface area contributed by atoms with Crippen LogP contribution >= 0.6 is 15.6 Å². The van der Waals surface area contributed by atoms with Gasteiger partial charge in [0, 0.05) is 25.7 Å². The maximum absolute atomic E-state index is 13.0. The largest absolute Gasteiger partial charge is 0.472 e. The molecule has 3 N–H and O–H groups in total. The van der Waals surface area contributed by atoms with E-state index in [2.05, 4.69) is 55.4 Å². The molecule has 0 amide bonds. The summed E-state index contributed by atoms with van der Waals surface area (Å²) in [6, 6.07) is 0. The standard InChI is InChI=1S/C72H140O17P2/c1-9-65(8)51-43-35-25-20-18-16-14-12-10-11-13-15-17-19-21-27-38-46-54-71(76)88-67(59-83-70(75)53-45-37-30-28-33-41-49-63(4)5)60-86-90(78,79)84-56-66(73)57-85-91(80,81)87-61-68(89-72(77)55-47-39-31-29-34-42-50-64(6)7)58-82-69(74)52-44-36-26-23-22-24-32-40-48-62(2)3/h62-68,73H,9-61H2,1-8H3,(H,78,79)(H,80,81)/t65?,66-,67+,68+/m0/s1. The van der Waals surface area contributed by atoms with Crippen LogP contribution in [0.3, 0.4) is 0 Å². The molecule has 0 spiro atoms. The number of hydrogen-bond acceptors (Lipinski definition) is 15. The third-order valence-electron chi connectivity index (χ3n) is 16.9. The van der Waals surface area contributed by atoms with Crippen LogP contribution in [0, 0.1) is 23.7 Å². The molecule has 0 aliphatic rings. The molecule has 0 bridgehead atoms. The van der Waals surface area contributed by atoms with Gasteiger partial charge in [-0.1, -0.05) is 306 Å². The number of phosphoric ester groups is 2. The van der Waals surface area contributed by atoms with E-state index < -0.39 is 97.5 Å². The molecule has 17 nitrogen and oxygen atoms in total. The lowest BCUT2D eigenvalue weighted by molar-refractivity contribution is -0.161. The zero-order valence-electron chi connectivity index (χ0n) is 59.5. The normalized spacial score (nSPS) is 14.5. The van der Waals surface area contributed by atoms with Gasteiger partial charge in [0.25, 0.3) is 0 Å². The Balaban J connectivity index is 5.12. The Bertz CT molecular complexity index is 1800. The molecule has 6 atom stereocenters. The lowest BCUT2D eigenvalue weighted by Crippen LogP contribution is -2.30. The first-order valence-corrected chi connectivity index (χ1v) is 40.2. The summed E-state index contributed by atoms with van der Waals surface area (Å²) in [5, 5.41) is 10.6. The Morgan fingerprint density at radius 1 is 0.308 bits per heavy atom. The minimum absolute atomic E-state index is 0.101. The van der Waals surface area contributed by atoms with Crippen molar-refractivity contribution in [2.75, 3.05) is 39.6 Å². The summed E-state index contributed by atoms with van der Waals surface area (Å²) in [5.74, 6) is 0.811. The molecule has 0 fully saturated rings. The van der Waals surface area contributed by atoms with E-state index in [1.807, 2.05) is 0 Å². The molecule has 0 aromatic rings. The van der Waals surface area contributed by atoms with Crippen LogP contribution in [0.4, 0.5) is 0 Å². The lowest BCUT2D eigenvalue weighted by Gasteiger charge is -2.21. The predicted octanol–water partition coefficient (Wildman–Crippen LogP) is 20.5. The average Bonchev–Trinajstić information content (AvgIpc) is 3.60. The summed E-state index contributed by atoms with van der Waals surface area (Å²) in [5.41, 5.74) is 0. The van der Waals surface area contributed by atoms with E-state index in [1.54, 1.807) is 0 Å². The van der Waals surface area contributed by atoms with Crippen molar-refractivity contribution < 1.29 is 80.2 Å². The smallest absolute Gasteiger partial charge is 0.462 e. The van der Waals surface area contributed by atoms with Crippen molar-refractivity contribution in [3.05, 3.63) is 0 Å². The highest BCUT2D eigenvalue weighted by Crippen LogP contribution is 2.45. The van der Waals surface area contributed by atoms with Gasteiger partial charge in [0.1, 0.15) is 19.3 Å². The molecule has 0 heterocycles. The van der Waals surface area contributed by atoms with Crippen LogP contribution in [0.15, 0.2) is 0 Å². The van der Waals surface area contributed by atoms with Crippen LogP contribution in [0.2, 0.25) is 0 Å². The molecule has 0 radical (unpaired) electrons. The molecule has 0 rings (SSSR count). The fraction of sp³-hybridized carbons (Fsp3) is 0.944. The quantitative estimate of drug-likeness (QED) is 0.0222. The summed E-state index contributed by atoms with van der Waals surface area (Å²) in [7, 11) is -9.90. The molecular formula is C72H140O17P2. The van der Waals surface area contributed by atoms with Gasteiger partial charge in [-0.05, 0) is 49.4 Å². The van der Waals surface area contributed by atoms with Gasteiger partial charge in [-0.2, -0.15) is 0 Å². The fourth-order valence-electron chi connectivity index (χ4n) is 10.8. The first kappa shape index (κ1) is 89.1. The molecule has 3 unspecified atom stereocenters. The first-order chi connectivity index (χ1) is 43.6. The first-order valence-electron chi connectivity index (χ1n) is 37.2. The third-order valence-corrected chi connectivity index (χ3v) is 18.8. The van der Waals surface area contributed by atoms with E-state index in [4.69, 9.17) is 37.0 Å². The van der Waals surface area contributed by atoms with Gasteiger partial charge in [-0.3, -0.25) is 37.3 Å². The average molecular weight is 1340 g/mol. The van der Waals surface area contributed by atoms with Gasteiger partial charge in [-0.15, -0.1) is 0 Å². The summed E-state index contributed by atoms with van der Waals surface area (Å²) in [6.45, 7) is 14.0. The number of carbonyl (C=O) groups excluding carboxylic acids is 4. The summed E-state index contributed by atoms with van der Waals surface area (Å²) in [4.78, 5) is 72.4. The van der Waals surface area contributed by atoms with Gasteiger partial charge in [0.2, 0.25) is 0 Å². The molecule has 0 aromatic carbocycles. The highest BCUT2D eigenvalue weighted by Gasteiger charge is 2.30. The topological polar surface area (TPSA) is 237 Å². The van der Waals surface area contributed by atoms with Crippen molar-refractivity contribution in [1.29, 1.82) is 0 Å². The summed E-state index contributed by atoms with van der Waals surface area (Å²) in [6.07, 6.45) is 45.0. The zero-order chi connectivity index (χ0) is 67.5. The van der Waals surface area contributed by atoms with Crippen LogP contribution in [0.25, 0.3) is 0 Å². The SMILES string of the molecule is CCC(C)CCCCCCCCCCCCCCCCCCCCC(=O)O[C@H](COC(=O)CCCCCCCCC(C)C)COP(=O)(O)OC[C@H](O)COP(=O)(O)OC[C@@H](COC(=O)CCCCCCCCCCC(C)C)OC(=O)CCCCCCCCC(C)C. The van der Waals surface area contributed by atoms with Crippen molar-refractivity contribution in [2.24, 2.45) is 23.7 Å². The number of unbranched alkanes of at least 4 members (excludes halogenated alkanes) is 34. The number of esters is 4. The Morgan fingerprint density at radius 3 is 0.780 bits per heavy atom. The number of ether oxygens (including phenoxy) is 4. The van der Waals surface area contributed by atoms with Crippen molar-refractivity contribution in [1.82, 2.24) is 0 Å². The second-order valence-corrected chi connectivity index (χ2v) is 30.6. The molecule has 0 saturated heterocycles. The van der Waals surface area contributed by atoms with Crippen LogP contribution in [-0.4, -0.2) is 96.7 Å². The van der Waals surface area contributed by atoms with Crippen molar-refractivity contribution >= 4 is 39.5 Å². The molecule has 540 valence electrons. The van der Waals surface area contributed by atoms with Crippen molar-refractivity contribution in [3.8, 4) is 0 Å². The van der Waals surface area contributed by atoms with Crippen molar-refractivity contribution in [2.45, 2.75) is 375 Å². The minimum atomic E-state index is -4.95. The maximum Gasteiger partial charge on any atom is 0.472 e. The van der Waals surface area contributed by atoms with Gasteiger partial charge in [0.15, 0.2) is 12.2 Å². The van der Waals surface area contributed by atoms with E-state index in [0.717, 1.165) is 108 Å². The third kappa shape index (κ3) is 65.1. The fourth-order valence-corrected chi connectivity index (χ4v) is 12.4. The molecule has 0 aliphatic carbocycles. The molecule has 19 heteroatoms. The Hall–Kier alpha value is -1.94. The number of hydrogen-bond donors (Lipinski definition) is 3. The Labute approximate surface area is 556 Å². The Kier molecular flexibility index (Phi) is 60.3. The van der Waals surface area contributed by atoms with E-state index in [0.29, 0.717) is 37.5 Å². The number of carbonyl (C=O) groups is 4. The summed E-state index contributed by atoms with van der Waals surface area (Å²) < 4.78 is 68.2. The van der Waals surface area contributed by atoms with E-state index in [1.165, 1.54) is 154 Å². The number of phosphoric acid groups is 2. The van der Waals surface area contributed by atoms with Gasteiger partial charge in [0.05, 0.1) is 26.4 Å². The minimum Gasteiger partial charge on any atom is -0.462 e. The molecular weight excluding hydrogens is 1200 g/mol. The predicted molar refractivity (Wildman–Crippen MR) is 367 cm³/mol. The van der Waals surface area contributed by atoms with Crippen LogP contribution < -0.4 is 0 Å². The van der Waals surface area contributed by atoms with E-state index in [9.17, 15) is 43.2 Å². The van der Waals surface area contributed by atoms with Gasteiger partial charge < -0.3 is 33.8 Å².